The summed E-state index contributed by atoms with van der Waals surface area (Å²) in [4.78, 5) is 8.00. The molecule has 0 unspecified atom stereocenters. The number of hydrogen-bond acceptors (Lipinski definition) is 4. The molecule has 100 valence electrons. The SMILES string of the molecule is FC(F)(F)COCc1nccc(CNC2CC2)n1. The van der Waals surface area contributed by atoms with E-state index in [4.69, 9.17) is 0 Å². The van der Waals surface area contributed by atoms with E-state index in [0.717, 1.165) is 5.69 Å². The lowest BCUT2D eigenvalue weighted by Crippen LogP contribution is -2.18. The van der Waals surface area contributed by atoms with Gasteiger partial charge >= 0.3 is 6.18 Å². The van der Waals surface area contributed by atoms with Crippen molar-refractivity contribution >= 4 is 0 Å². The summed E-state index contributed by atoms with van der Waals surface area (Å²) < 4.78 is 40.1. The highest BCUT2D eigenvalue weighted by Crippen LogP contribution is 2.19. The molecule has 1 heterocycles. The summed E-state index contributed by atoms with van der Waals surface area (Å²) in [6.07, 6.45) is -0.437. The Bertz CT molecular complexity index is 393. The van der Waals surface area contributed by atoms with Crippen molar-refractivity contribution in [2.75, 3.05) is 6.61 Å². The number of ether oxygens (including phenoxy) is 1. The molecule has 0 amide bonds. The van der Waals surface area contributed by atoms with Gasteiger partial charge in [-0.1, -0.05) is 0 Å². The van der Waals surface area contributed by atoms with Crippen LogP contribution in [-0.4, -0.2) is 28.8 Å². The van der Waals surface area contributed by atoms with Gasteiger partial charge in [-0.25, -0.2) is 9.97 Å². The Balaban J connectivity index is 1.78. The molecule has 4 nitrogen and oxygen atoms in total. The van der Waals surface area contributed by atoms with Gasteiger partial charge < -0.3 is 10.1 Å². The molecule has 2 rings (SSSR count). The molecule has 0 spiro atoms. The van der Waals surface area contributed by atoms with Gasteiger partial charge in [-0.15, -0.1) is 0 Å². The maximum absolute atomic E-state index is 11.9. The first kappa shape index (κ1) is 13.2. The molecular weight excluding hydrogens is 247 g/mol. The quantitative estimate of drug-likeness (QED) is 0.848. The first-order valence-electron chi connectivity index (χ1n) is 5.71. The van der Waals surface area contributed by atoms with Gasteiger partial charge in [-0.05, 0) is 18.9 Å². The molecule has 1 N–H and O–H groups in total. The predicted molar refractivity (Wildman–Crippen MR) is 57.6 cm³/mol. The summed E-state index contributed by atoms with van der Waals surface area (Å²) in [6.45, 7) is -0.892. The summed E-state index contributed by atoms with van der Waals surface area (Å²) in [5, 5.41) is 3.27. The second-order valence-electron chi connectivity index (χ2n) is 4.23. The van der Waals surface area contributed by atoms with Gasteiger partial charge in [-0.3, -0.25) is 0 Å². The van der Waals surface area contributed by atoms with Crippen molar-refractivity contribution in [2.24, 2.45) is 0 Å². The molecule has 7 heteroatoms. The highest BCUT2D eigenvalue weighted by atomic mass is 19.4. The zero-order valence-corrected chi connectivity index (χ0v) is 9.70. The van der Waals surface area contributed by atoms with Crippen LogP contribution in [0.3, 0.4) is 0 Å². The van der Waals surface area contributed by atoms with E-state index >= 15 is 0 Å². The summed E-state index contributed by atoms with van der Waals surface area (Å²) in [7, 11) is 0. The number of halogens is 3. The zero-order chi connectivity index (χ0) is 13.0. The molecule has 0 saturated heterocycles. The highest BCUT2D eigenvalue weighted by molar-refractivity contribution is 5.02. The van der Waals surface area contributed by atoms with Gasteiger partial charge in [0.25, 0.3) is 0 Å². The Kier molecular flexibility index (Phi) is 4.13. The second-order valence-corrected chi connectivity index (χ2v) is 4.23. The average molecular weight is 261 g/mol. The van der Waals surface area contributed by atoms with Gasteiger partial charge in [0, 0.05) is 18.8 Å². The van der Waals surface area contributed by atoms with Gasteiger partial charge in [0.05, 0.1) is 5.69 Å². The van der Waals surface area contributed by atoms with Crippen molar-refractivity contribution in [2.45, 2.75) is 38.2 Å². The Morgan fingerprint density at radius 2 is 2.17 bits per heavy atom. The first-order chi connectivity index (χ1) is 8.53. The van der Waals surface area contributed by atoms with E-state index in [9.17, 15) is 13.2 Å². The highest BCUT2D eigenvalue weighted by Gasteiger charge is 2.27. The second kappa shape index (κ2) is 5.62. The molecule has 0 radical (unpaired) electrons. The van der Waals surface area contributed by atoms with Gasteiger partial charge in [0.1, 0.15) is 13.2 Å². The van der Waals surface area contributed by atoms with Crippen LogP contribution >= 0.6 is 0 Å². The monoisotopic (exact) mass is 261 g/mol. The van der Waals surface area contributed by atoms with Crippen molar-refractivity contribution in [1.29, 1.82) is 0 Å². The molecule has 1 fully saturated rings. The Morgan fingerprint density at radius 3 is 2.83 bits per heavy atom. The third kappa shape index (κ3) is 4.97. The van der Waals surface area contributed by atoms with Crippen LogP contribution < -0.4 is 5.32 Å². The van der Waals surface area contributed by atoms with Crippen LogP contribution in [0.15, 0.2) is 12.3 Å². The lowest BCUT2D eigenvalue weighted by Gasteiger charge is -2.07. The largest absolute Gasteiger partial charge is 0.411 e. The van der Waals surface area contributed by atoms with Gasteiger partial charge in [0.2, 0.25) is 0 Å². The van der Waals surface area contributed by atoms with Gasteiger partial charge in [-0.2, -0.15) is 13.2 Å². The topological polar surface area (TPSA) is 47.0 Å². The summed E-state index contributed by atoms with van der Waals surface area (Å²) in [6, 6.07) is 2.30. The molecule has 0 aromatic carbocycles. The van der Waals surface area contributed by atoms with E-state index in [2.05, 4.69) is 20.0 Å². The average Bonchev–Trinajstić information content (AvgIpc) is 3.09. The maximum atomic E-state index is 11.9. The molecular formula is C11H14F3N3O. The summed E-state index contributed by atoms with van der Waals surface area (Å²) in [5.41, 5.74) is 0.766. The van der Waals surface area contributed by atoms with E-state index in [-0.39, 0.29) is 12.4 Å². The Hall–Kier alpha value is -1.21. The number of aromatic nitrogens is 2. The molecule has 0 aliphatic heterocycles. The van der Waals surface area contributed by atoms with E-state index < -0.39 is 12.8 Å². The molecule has 18 heavy (non-hydrogen) atoms. The van der Waals surface area contributed by atoms with Crippen LogP contribution in [0.25, 0.3) is 0 Å². The normalized spacial score (nSPS) is 15.9. The number of nitrogens with zero attached hydrogens (tertiary/aromatic N) is 2. The third-order valence-electron chi connectivity index (χ3n) is 2.41. The van der Waals surface area contributed by atoms with Crippen LogP contribution in [-0.2, 0) is 17.9 Å². The minimum Gasteiger partial charge on any atom is -0.364 e. The molecule has 1 aliphatic carbocycles. The molecule has 1 aromatic rings. The molecule has 1 aliphatic rings. The van der Waals surface area contributed by atoms with Crippen LogP contribution in [0.5, 0.6) is 0 Å². The first-order valence-corrected chi connectivity index (χ1v) is 5.71. The maximum Gasteiger partial charge on any atom is 0.411 e. The molecule has 0 bridgehead atoms. The molecule has 1 saturated carbocycles. The minimum atomic E-state index is -4.31. The summed E-state index contributed by atoms with van der Waals surface area (Å²) in [5.74, 6) is 0.273. The number of rotatable bonds is 6. The predicted octanol–water partition coefficient (Wildman–Crippen LogP) is 1.81. The fraction of sp³-hybridized carbons (Fsp3) is 0.636. The number of alkyl halides is 3. The van der Waals surface area contributed by atoms with Gasteiger partial charge in [0.15, 0.2) is 5.82 Å². The van der Waals surface area contributed by atoms with E-state index in [1.54, 1.807) is 6.07 Å². The number of hydrogen-bond donors (Lipinski definition) is 1. The number of nitrogens with one attached hydrogen (secondary N) is 1. The fourth-order valence-electron chi connectivity index (χ4n) is 1.40. The third-order valence-corrected chi connectivity index (χ3v) is 2.41. The van der Waals surface area contributed by atoms with Crippen LogP contribution in [0.4, 0.5) is 13.2 Å². The minimum absolute atomic E-state index is 0.225. The standard InChI is InChI=1S/C11H14F3N3O/c12-11(13,14)7-18-6-10-15-4-3-9(17-10)5-16-8-1-2-8/h3-4,8,16H,1-2,5-7H2. The smallest absolute Gasteiger partial charge is 0.364 e. The van der Waals surface area contributed by atoms with E-state index in [1.807, 2.05) is 0 Å². The van der Waals surface area contributed by atoms with Crippen LogP contribution in [0, 0.1) is 0 Å². The molecule has 1 aromatic heterocycles. The van der Waals surface area contributed by atoms with E-state index in [1.165, 1.54) is 19.0 Å². The van der Waals surface area contributed by atoms with Crippen LogP contribution in [0.2, 0.25) is 0 Å². The van der Waals surface area contributed by atoms with Crippen molar-refractivity contribution in [3.05, 3.63) is 23.8 Å². The van der Waals surface area contributed by atoms with Crippen molar-refractivity contribution in [1.82, 2.24) is 15.3 Å². The zero-order valence-electron chi connectivity index (χ0n) is 9.70. The van der Waals surface area contributed by atoms with E-state index in [0.29, 0.717) is 12.6 Å². The van der Waals surface area contributed by atoms with Crippen molar-refractivity contribution in [3.63, 3.8) is 0 Å². The van der Waals surface area contributed by atoms with Crippen molar-refractivity contribution in [3.8, 4) is 0 Å². The Labute approximate surface area is 103 Å². The van der Waals surface area contributed by atoms with Crippen LogP contribution in [0.1, 0.15) is 24.4 Å². The van der Waals surface area contributed by atoms with Crippen molar-refractivity contribution < 1.29 is 17.9 Å². The fourth-order valence-corrected chi connectivity index (χ4v) is 1.40. The summed E-state index contributed by atoms with van der Waals surface area (Å²) >= 11 is 0. The lowest BCUT2D eigenvalue weighted by atomic mass is 10.4. The Morgan fingerprint density at radius 1 is 1.39 bits per heavy atom. The molecule has 0 atom stereocenters. The lowest BCUT2D eigenvalue weighted by molar-refractivity contribution is -0.177.